The summed E-state index contributed by atoms with van der Waals surface area (Å²) in [5.74, 6) is 0. The van der Waals surface area contributed by atoms with E-state index in [9.17, 15) is 0 Å². The summed E-state index contributed by atoms with van der Waals surface area (Å²) in [5, 5.41) is 0. The predicted octanol–water partition coefficient (Wildman–Crippen LogP) is 0.909. The number of likely N-dealkylation sites (tertiary alicyclic amines) is 1. The first kappa shape index (κ1) is 14.3. The highest BCUT2D eigenvalue weighted by Gasteiger charge is 2.30. The molecule has 2 saturated heterocycles. The third kappa shape index (κ3) is 3.44. The van der Waals surface area contributed by atoms with Crippen LogP contribution >= 0.6 is 0 Å². The smallest absolute Gasteiger partial charge is 0.0829 e. The van der Waals surface area contributed by atoms with Crippen LogP contribution in [0, 0.1) is 0 Å². The first-order valence-corrected chi connectivity index (χ1v) is 7.54. The number of nitrogens with zero attached hydrogens (tertiary/aromatic N) is 2. The fourth-order valence-corrected chi connectivity index (χ4v) is 3.34. The average Bonchev–Trinajstić information content (AvgIpc) is 2.41. The van der Waals surface area contributed by atoms with Gasteiger partial charge in [-0.1, -0.05) is 13.3 Å². The number of ether oxygens (including phenoxy) is 1. The standard InChI is InChI=1S/C14H29N3O/c1-3-16-7-8-18-14(10-16)11-17-12(2)5-4-6-13(17)9-15/h12-14H,3-11,15H2,1-2H3. The Balaban J connectivity index is 1.89. The molecule has 0 aromatic heterocycles. The van der Waals surface area contributed by atoms with Gasteiger partial charge in [0.25, 0.3) is 0 Å². The lowest BCUT2D eigenvalue weighted by molar-refractivity contribution is -0.0581. The maximum atomic E-state index is 5.93. The Hall–Kier alpha value is -0.160. The minimum absolute atomic E-state index is 0.369. The van der Waals surface area contributed by atoms with Crippen LogP contribution in [0.4, 0.5) is 0 Å². The molecule has 0 radical (unpaired) electrons. The molecule has 2 heterocycles. The monoisotopic (exact) mass is 255 g/mol. The fourth-order valence-electron chi connectivity index (χ4n) is 3.34. The van der Waals surface area contributed by atoms with Crippen LogP contribution < -0.4 is 5.73 Å². The van der Waals surface area contributed by atoms with Crippen LogP contribution in [-0.4, -0.2) is 67.3 Å². The van der Waals surface area contributed by atoms with Crippen molar-refractivity contribution in [2.75, 3.05) is 39.3 Å². The molecule has 0 aromatic carbocycles. The van der Waals surface area contributed by atoms with Gasteiger partial charge in [-0.05, 0) is 26.3 Å². The first-order valence-electron chi connectivity index (χ1n) is 7.54. The minimum atomic E-state index is 0.369. The van der Waals surface area contributed by atoms with Gasteiger partial charge in [-0.2, -0.15) is 0 Å². The number of hydrogen-bond acceptors (Lipinski definition) is 4. The maximum absolute atomic E-state index is 5.93. The molecule has 0 amide bonds. The van der Waals surface area contributed by atoms with E-state index in [4.69, 9.17) is 10.5 Å². The van der Waals surface area contributed by atoms with E-state index in [1.165, 1.54) is 19.3 Å². The van der Waals surface area contributed by atoms with E-state index < -0.39 is 0 Å². The van der Waals surface area contributed by atoms with Gasteiger partial charge in [0.15, 0.2) is 0 Å². The largest absolute Gasteiger partial charge is 0.374 e. The number of piperidine rings is 1. The van der Waals surface area contributed by atoms with E-state index in [0.717, 1.165) is 39.3 Å². The second kappa shape index (κ2) is 6.85. The molecule has 18 heavy (non-hydrogen) atoms. The van der Waals surface area contributed by atoms with Crippen LogP contribution in [0.15, 0.2) is 0 Å². The molecular weight excluding hydrogens is 226 g/mol. The molecule has 4 nitrogen and oxygen atoms in total. The Morgan fingerprint density at radius 2 is 2.17 bits per heavy atom. The van der Waals surface area contributed by atoms with Gasteiger partial charge in [0.2, 0.25) is 0 Å². The number of nitrogens with two attached hydrogens (primary N) is 1. The molecule has 0 saturated carbocycles. The molecule has 0 aromatic rings. The van der Waals surface area contributed by atoms with Gasteiger partial charge >= 0.3 is 0 Å². The van der Waals surface area contributed by atoms with Crippen LogP contribution in [0.25, 0.3) is 0 Å². The van der Waals surface area contributed by atoms with Gasteiger partial charge in [0.1, 0.15) is 0 Å². The van der Waals surface area contributed by atoms with E-state index in [-0.39, 0.29) is 0 Å². The lowest BCUT2D eigenvalue weighted by atomic mass is 9.96. The zero-order valence-corrected chi connectivity index (χ0v) is 12.0. The quantitative estimate of drug-likeness (QED) is 0.811. The van der Waals surface area contributed by atoms with E-state index in [2.05, 4.69) is 23.6 Å². The normalized spacial score (nSPS) is 35.8. The Labute approximate surface area is 111 Å². The van der Waals surface area contributed by atoms with Crippen LogP contribution in [0.2, 0.25) is 0 Å². The van der Waals surface area contributed by atoms with Crippen LogP contribution in [0.5, 0.6) is 0 Å². The Bertz CT molecular complexity index is 249. The first-order chi connectivity index (χ1) is 8.74. The average molecular weight is 255 g/mol. The predicted molar refractivity (Wildman–Crippen MR) is 74.7 cm³/mol. The van der Waals surface area contributed by atoms with Gasteiger partial charge in [-0.25, -0.2) is 0 Å². The molecule has 106 valence electrons. The second-order valence-corrected chi connectivity index (χ2v) is 5.75. The molecular formula is C14H29N3O. The molecule has 2 aliphatic rings. The number of likely N-dealkylation sites (N-methyl/N-ethyl adjacent to an activating group) is 1. The molecule has 0 spiro atoms. The van der Waals surface area contributed by atoms with Crippen molar-refractivity contribution < 1.29 is 4.74 Å². The number of morpholine rings is 1. The Kier molecular flexibility index (Phi) is 5.42. The Morgan fingerprint density at radius 3 is 2.89 bits per heavy atom. The molecule has 3 unspecified atom stereocenters. The van der Waals surface area contributed by atoms with Gasteiger partial charge in [0.05, 0.1) is 12.7 Å². The van der Waals surface area contributed by atoms with Crippen molar-refractivity contribution in [1.29, 1.82) is 0 Å². The zero-order valence-electron chi connectivity index (χ0n) is 12.0. The van der Waals surface area contributed by atoms with E-state index in [1.54, 1.807) is 0 Å². The molecule has 3 atom stereocenters. The Morgan fingerprint density at radius 1 is 1.33 bits per heavy atom. The summed E-state index contributed by atoms with van der Waals surface area (Å²) in [6.07, 6.45) is 4.26. The van der Waals surface area contributed by atoms with Crippen molar-refractivity contribution in [3.63, 3.8) is 0 Å². The van der Waals surface area contributed by atoms with Gasteiger partial charge in [-0.15, -0.1) is 0 Å². The zero-order chi connectivity index (χ0) is 13.0. The van der Waals surface area contributed by atoms with E-state index in [0.29, 0.717) is 18.2 Å². The van der Waals surface area contributed by atoms with Gasteiger partial charge in [0, 0.05) is 38.3 Å². The lowest BCUT2D eigenvalue weighted by Gasteiger charge is -2.43. The van der Waals surface area contributed by atoms with Crippen molar-refractivity contribution in [2.24, 2.45) is 5.73 Å². The van der Waals surface area contributed by atoms with Crippen molar-refractivity contribution in [3.05, 3.63) is 0 Å². The second-order valence-electron chi connectivity index (χ2n) is 5.75. The third-order valence-corrected chi connectivity index (χ3v) is 4.55. The van der Waals surface area contributed by atoms with Crippen molar-refractivity contribution in [2.45, 2.75) is 51.3 Å². The maximum Gasteiger partial charge on any atom is 0.0829 e. The highest BCUT2D eigenvalue weighted by Crippen LogP contribution is 2.23. The summed E-state index contributed by atoms with van der Waals surface area (Å²) >= 11 is 0. The summed E-state index contributed by atoms with van der Waals surface area (Å²) in [4.78, 5) is 5.08. The fraction of sp³-hybridized carbons (Fsp3) is 1.00. The highest BCUT2D eigenvalue weighted by atomic mass is 16.5. The number of hydrogen-bond donors (Lipinski definition) is 1. The molecule has 0 bridgehead atoms. The lowest BCUT2D eigenvalue weighted by Crippen LogP contribution is -2.55. The van der Waals surface area contributed by atoms with E-state index >= 15 is 0 Å². The summed E-state index contributed by atoms with van der Waals surface area (Å²) < 4.78 is 5.93. The van der Waals surface area contributed by atoms with Crippen LogP contribution in [0.1, 0.15) is 33.1 Å². The van der Waals surface area contributed by atoms with Crippen molar-refractivity contribution in [1.82, 2.24) is 9.80 Å². The molecule has 0 aliphatic carbocycles. The van der Waals surface area contributed by atoms with Crippen molar-refractivity contribution >= 4 is 0 Å². The van der Waals surface area contributed by atoms with Crippen molar-refractivity contribution in [3.8, 4) is 0 Å². The van der Waals surface area contributed by atoms with Crippen LogP contribution in [-0.2, 0) is 4.74 Å². The minimum Gasteiger partial charge on any atom is -0.374 e. The molecule has 4 heteroatoms. The van der Waals surface area contributed by atoms with Gasteiger partial charge in [-0.3, -0.25) is 9.80 Å². The van der Waals surface area contributed by atoms with Crippen LogP contribution in [0.3, 0.4) is 0 Å². The SMILES string of the molecule is CCN1CCOC(CN2C(C)CCCC2CN)C1. The molecule has 2 N–H and O–H groups in total. The molecule has 2 fully saturated rings. The summed E-state index contributed by atoms with van der Waals surface area (Å²) in [6.45, 7) is 10.6. The summed E-state index contributed by atoms with van der Waals surface area (Å²) in [6, 6.07) is 1.22. The topological polar surface area (TPSA) is 41.7 Å². The summed E-state index contributed by atoms with van der Waals surface area (Å²) in [7, 11) is 0. The third-order valence-electron chi connectivity index (χ3n) is 4.55. The van der Waals surface area contributed by atoms with Gasteiger partial charge < -0.3 is 10.5 Å². The molecule has 2 rings (SSSR count). The highest BCUT2D eigenvalue weighted by molar-refractivity contribution is 4.86. The van der Waals surface area contributed by atoms with E-state index in [1.807, 2.05) is 0 Å². The molecule has 2 aliphatic heterocycles. The number of rotatable bonds is 4. The summed E-state index contributed by atoms with van der Waals surface area (Å²) in [5.41, 5.74) is 5.92.